The van der Waals surface area contributed by atoms with Gasteiger partial charge in [0.2, 0.25) is 0 Å². The number of β-amino-alcohol motifs (C(OH)–C–C–N with tert-alkyl or cyclic N) is 1. The summed E-state index contributed by atoms with van der Waals surface area (Å²) in [6.07, 6.45) is -1.25. The zero-order valence-electron chi connectivity index (χ0n) is 9.51. The van der Waals surface area contributed by atoms with E-state index in [0.717, 1.165) is 6.54 Å². The van der Waals surface area contributed by atoms with E-state index in [9.17, 15) is 10.2 Å². The minimum atomic E-state index is -0.626. The molecule has 0 aromatic rings. The molecule has 4 nitrogen and oxygen atoms in total. The fourth-order valence-electron chi connectivity index (χ4n) is 1.94. The summed E-state index contributed by atoms with van der Waals surface area (Å²) in [5, 5.41) is 19.5. The van der Waals surface area contributed by atoms with Crippen molar-refractivity contribution in [3.05, 3.63) is 0 Å². The zero-order chi connectivity index (χ0) is 10.9. The smallest absolute Gasteiger partial charge is 0.0978 e. The van der Waals surface area contributed by atoms with Crippen LogP contribution in [-0.4, -0.2) is 71.5 Å². The minimum Gasteiger partial charge on any atom is -0.389 e. The van der Waals surface area contributed by atoms with Crippen LogP contribution >= 0.6 is 0 Å². The summed E-state index contributed by atoms with van der Waals surface area (Å²) in [6.45, 7) is 5.55. The molecule has 2 N–H and O–H groups in total. The molecule has 84 valence electrons. The van der Waals surface area contributed by atoms with Gasteiger partial charge in [0.15, 0.2) is 0 Å². The molecule has 0 amide bonds. The van der Waals surface area contributed by atoms with Gasteiger partial charge in [-0.1, -0.05) is 0 Å². The van der Waals surface area contributed by atoms with E-state index in [1.54, 1.807) is 0 Å². The van der Waals surface area contributed by atoms with Crippen molar-refractivity contribution in [2.75, 3.05) is 27.2 Å². The fraction of sp³-hybridized carbons (Fsp3) is 1.00. The minimum absolute atomic E-state index is 0.0312. The van der Waals surface area contributed by atoms with Gasteiger partial charge >= 0.3 is 0 Å². The predicted octanol–water partition coefficient (Wildman–Crippen LogP) is -0.638. The lowest BCUT2D eigenvalue weighted by Gasteiger charge is -2.43. The highest BCUT2D eigenvalue weighted by Crippen LogP contribution is 2.16. The van der Waals surface area contributed by atoms with Gasteiger partial charge in [-0.05, 0) is 27.9 Å². The van der Waals surface area contributed by atoms with Crippen LogP contribution in [0.1, 0.15) is 13.8 Å². The largest absolute Gasteiger partial charge is 0.389 e. The molecule has 4 heteroatoms. The van der Waals surface area contributed by atoms with Crippen LogP contribution in [0.5, 0.6) is 0 Å². The third-order valence-electron chi connectivity index (χ3n) is 3.12. The Morgan fingerprint density at radius 2 is 1.86 bits per heavy atom. The highest BCUT2D eigenvalue weighted by atomic mass is 16.3. The molecule has 0 bridgehead atoms. The summed E-state index contributed by atoms with van der Waals surface area (Å²) in [7, 11) is 3.96. The molecule has 0 aliphatic carbocycles. The molecule has 1 fully saturated rings. The highest BCUT2D eigenvalue weighted by Gasteiger charge is 2.36. The maximum Gasteiger partial charge on any atom is 0.0978 e. The molecular weight excluding hydrogens is 180 g/mol. The average molecular weight is 202 g/mol. The van der Waals surface area contributed by atoms with Gasteiger partial charge in [0.25, 0.3) is 0 Å². The molecule has 1 saturated heterocycles. The van der Waals surface area contributed by atoms with Gasteiger partial charge in [-0.25, -0.2) is 0 Å². The topological polar surface area (TPSA) is 46.9 Å². The maximum atomic E-state index is 9.86. The van der Waals surface area contributed by atoms with Crippen molar-refractivity contribution < 1.29 is 10.2 Å². The fourth-order valence-corrected chi connectivity index (χ4v) is 1.94. The molecule has 1 aliphatic heterocycles. The number of rotatable bonds is 2. The Morgan fingerprint density at radius 3 is 2.36 bits per heavy atom. The Labute approximate surface area is 86.1 Å². The van der Waals surface area contributed by atoms with Crippen LogP contribution in [-0.2, 0) is 0 Å². The number of likely N-dealkylation sites (N-methyl/N-ethyl adjacent to an activating group) is 2. The van der Waals surface area contributed by atoms with Crippen LogP contribution in [0.4, 0.5) is 0 Å². The molecule has 14 heavy (non-hydrogen) atoms. The summed E-state index contributed by atoms with van der Waals surface area (Å²) in [4.78, 5) is 4.17. The molecule has 0 unspecified atom stereocenters. The summed E-state index contributed by atoms with van der Waals surface area (Å²) < 4.78 is 0. The Kier molecular flexibility index (Phi) is 3.89. The molecule has 1 aliphatic rings. The van der Waals surface area contributed by atoms with E-state index < -0.39 is 12.2 Å². The van der Waals surface area contributed by atoms with Crippen LogP contribution in [0.25, 0.3) is 0 Å². The Morgan fingerprint density at radius 1 is 1.29 bits per heavy atom. The summed E-state index contributed by atoms with van der Waals surface area (Å²) >= 11 is 0. The number of hydrogen-bond acceptors (Lipinski definition) is 4. The van der Waals surface area contributed by atoms with E-state index in [1.807, 2.05) is 14.1 Å². The molecule has 0 aromatic heterocycles. The van der Waals surface area contributed by atoms with Crippen LogP contribution < -0.4 is 0 Å². The van der Waals surface area contributed by atoms with Crippen LogP contribution in [0.2, 0.25) is 0 Å². The summed E-state index contributed by atoms with van der Waals surface area (Å²) in [5.74, 6) is 0. The first-order chi connectivity index (χ1) is 6.43. The number of likely N-dealkylation sites (tertiary alicyclic amines) is 1. The van der Waals surface area contributed by atoms with Gasteiger partial charge in [-0.15, -0.1) is 0 Å². The van der Waals surface area contributed by atoms with E-state index in [-0.39, 0.29) is 6.04 Å². The third-order valence-corrected chi connectivity index (χ3v) is 3.12. The van der Waals surface area contributed by atoms with Crippen molar-refractivity contribution in [3.63, 3.8) is 0 Å². The van der Waals surface area contributed by atoms with Gasteiger partial charge < -0.3 is 15.1 Å². The third kappa shape index (κ3) is 2.45. The van der Waals surface area contributed by atoms with Crippen molar-refractivity contribution in [3.8, 4) is 0 Å². The number of aliphatic hydroxyl groups excluding tert-OH is 2. The first-order valence-corrected chi connectivity index (χ1v) is 5.20. The molecule has 0 spiro atoms. The number of hydrogen-bond donors (Lipinski definition) is 2. The molecule has 3 atom stereocenters. The summed E-state index contributed by atoms with van der Waals surface area (Å²) in [6, 6.07) is 0.414. The second kappa shape index (κ2) is 4.57. The van der Waals surface area contributed by atoms with Gasteiger partial charge in [0, 0.05) is 19.1 Å². The van der Waals surface area contributed by atoms with Gasteiger partial charge in [-0.2, -0.15) is 0 Å². The van der Waals surface area contributed by atoms with Gasteiger partial charge in [0.05, 0.1) is 18.2 Å². The monoisotopic (exact) mass is 202 g/mol. The molecule has 0 radical (unpaired) electrons. The average Bonchev–Trinajstić information content (AvgIpc) is 2.09. The Balaban J connectivity index is 2.66. The van der Waals surface area contributed by atoms with Crippen molar-refractivity contribution in [2.45, 2.75) is 38.1 Å². The van der Waals surface area contributed by atoms with Crippen molar-refractivity contribution in [2.24, 2.45) is 0 Å². The van der Waals surface area contributed by atoms with E-state index in [2.05, 4.69) is 23.6 Å². The standard InChI is InChI=1S/C10H22N2O2/c1-7(2)12(4)8-5-11(3)6-9(13)10(8)14/h7-10,13-14H,5-6H2,1-4H3/t8-,9-,10+/m0/s1. The first-order valence-electron chi connectivity index (χ1n) is 5.20. The van der Waals surface area contributed by atoms with Crippen LogP contribution in [0.3, 0.4) is 0 Å². The Bertz CT molecular complexity index is 183. The lowest BCUT2D eigenvalue weighted by molar-refractivity contribution is -0.0853. The van der Waals surface area contributed by atoms with Crippen LogP contribution in [0.15, 0.2) is 0 Å². The van der Waals surface area contributed by atoms with E-state index in [4.69, 9.17) is 0 Å². The normalized spacial score (nSPS) is 35.6. The molecular formula is C10H22N2O2. The molecule has 0 aromatic carbocycles. The second-order valence-electron chi connectivity index (χ2n) is 4.61. The lowest BCUT2D eigenvalue weighted by atomic mass is 9.98. The quantitative estimate of drug-likeness (QED) is 0.625. The lowest BCUT2D eigenvalue weighted by Crippen LogP contribution is -2.60. The van der Waals surface area contributed by atoms with Gasteiger partial charge in [-0.3, -0.25) is 4.90 Å². The first kappa shape index (κ1) is 11.9. The van der Waals surface area contributed by atoms with Crippen LogP contribution in [0, 0.1) is 0 Å². The molecule has 1 rings (SSSR count). The molecule has 0 saturated carbocycles. The van der Waals surface area contributed by atoms with E-state index in [0.29, 0.717) is 12.6 Å². The van der Waals surface area contributed by atoms with Crippen molar-refractivity contribution in [1.82, 2.24) is 9.80 Å². The number of aliphatic hydroxyl groups is 2. The van der Waals surface area contributed by atoms with E-state index in [1.165, 1.54) is 0 Å². The van der Waals surface area contributed by atoms with E-state index >= 15 is 0 Å². The molecule has 1 heterocycles. The zero-order valence-corrected chi connectivity index (χ0v) is 9.51. The van der Waals surface area contributed by atoms with Crippen molar-refractivity contribution >= 4 is 0 Å². The Hall–Kier alpha value is -0.160. The highest BCUT2D eigenvalue weighted by molar-refractivity contribution is 4.91. The maximum absolute atomic E-state index is 9.86. The number of piperidine rings is 1. The summed E-state index contributed by atoms with van der Waals surface area (Å²) in [5.41, 5.74) is 0. The second-order valence-corrected chi connectivity index (χ2v) is 4.61. The predicted molar refractivity (Wildman–Crippen MR) is 56.2 cm³/mol. The van der Waals surface area contributed by atoms with Crippen molar-refractivity contribution in [1.29, 1.82) is 0 Å². The van der Waals surface area contributed by atoms with Gasteiger partial charge in [0.1, 0.15) is 0 Å². The SMILES string of the molecule is CC(C)N(C)[C@H]1CN(C)C[C@H](O)[C@@H]1O. The number of nitrogens with zero attached hydrogens (tertiary/aromatic N) is 2.